The van der Waals surface area contributed by atoms with Gasteiger partial charge in [-0.15, -0.1) is 24.0 Å². The van der Waals surface area contributed by atoms with Gasteiger partial charge in [-0.25, -0.2) is 9.98 Å². The second kappa shape index (κ2) is 13.5. The third-order valence-corrected chi connectivity index (χ3v) is 5.67. The van der Waals surface area contributed by atoms with Gasteiger partial charge in [0.2, 0.25) is 5.88 Å². The number of pyridine rings is 1. The molecule has 0 amide bonds. The van der Waals surface area contributed by atoms with Crippen molar-refractivity contribution in [3.63, 3.8) is 0 Å². The first-order valence-corrected chi connectivity index (χ1v) is 10.9. The molecule has 1 aromatic carbocycles. The molecule has 1 aliphatic carbocycles. The average molecular weight is 538 g/mol. The van der Waals surface area contributed by atoms with Crippen LogP contribution in [0.4, 0.5) is 0 Å². The lowest BCUT2D eigenvalue weighted by molar-refractivity contribution is 0.0732. The van der Waals surface area contributed by atoms with Crippen LogP contribution in [0.3, 0.4) is 0 Å². The molecule has 0 radical (unpaired) electrons. The Morgan fingerprint density at radius 3 is 2.61 bits per heavy atom. The normalized spacial score (nSPS) is 14.8. The van der Waals surface area contributed by atoms with Gasteiger partial charge in [-0.3, -0.25) is 0 Å². The third kappa shape index (κ3) is 8.29. The van der Waals surface area contributed by atoms with Crippen LogP contribution in [0.25, 0.3) is 0 Å². The predicted molar refractivity (Wildman–Crippen MR) is 136 cm³/mol. The van der Waals surface area contributed by atoms with Crippen LogP contribution in [0.1, 0.15) is 43.7 Å². The van der Waals surface area contributed by atoms with Gasteiger partial charge in [-0.1, -0.05) is 36.8 Å². The second-order valence-electron chi connectivity index (χ2n) is 7.92. The third-order valence-electron chi connectivity index (χ3n) is 5.67. The summed E-state index contributed by atoms with van der Waals surface area (Å²) >= 11 is 0. The zero-order chi connectivity index (χ0) is 21.1. The van der Waals surface area contributed by atoms with E-state index in [0.717, 1.165) is 43.2 Å². The van der Waals surface area contributed by atoms with E-state index in [1.54, 1.807) is 13.3 Å². The van der Waals surface area contributed by atoms with E-state index in [1.807, 2.05) is 42.5 Å². The molecular weight excluding hydrogens is 503 g/mol. The Morgan fingerprint density at radius 1 is 1.13 bits per heavy atom. The van der Waals surface area contributed by atoms with Crippen LogP contribution in [-0.2, 0) is 17.9 Å². The first-order chi connectivity index (χ1) is 14.7. The van der Waals surface area contributed by atoms with Crippen molar-refractivity contribution in [2.24, 2.45) is 10.4 Å². The molecule has 31 heavy (non-hydrogen) atoms. The molecule has 0 atom stereocenters. The SMILES string of the molecule is CCNC(=NCc1ccnc(OCc2ccccc2)c1)NCC1(CCOC)CCC1.I. The van der Waals surface area contributed by atoms with E-state index in [-0.39, 0.29) is 24.0 Å². The van der Waals surface area contributed by atoms with Gasteiger partial charge in [-0.05, 0) is 48.8 Å². The van der Waals surface area contributed by atoms with Crippen molar-refractivity contribution in [1.29, 1.82) is 0 Å². The van der Waals surface area contributed by atoms with Crippen LogP contribution in [0.15, 0.2) is 53.7 Å². The van der Waals surface area contributed by atoms with E-state index in [2.05, 4.69) is 22.5 Å². The number of guanidine groups is 1. The summed E-state index contributed by atoms with van der Waals surface area (Å²) in [6.07, 6.45) is 6.70. The Labute approximate surface area is 203 Å². The first-order valence-electron chi connectivity index (χ1n) is 10.9. The molecule has 2 aromatic rings. The standard InChI is InChI=1S/C24H34N4O2.HI/c1-3-25-23(28-19-24(11-7-12-24)13-15-29-2)27-17-21-10-14-26-22(16-21)30-18-20-8-5-4-6-9-20;/h4-6,8-10,14,16H,3,7,11-13,15,17-19H2,1-2H3,(H2,25,27,28);1H. The molecular formula is C24H35IN4O2. The van der Waals surface area contributed by atoms with E-state index in [1.165, 1.54) is 19.3 Å². The molecule has 0 aliphatic heterocycles. The number of rotatable bonds is 11. The number of methoxy groups -OCH3 is 1. The number of halogens is 1. The van der Waals surface area contributed by atoms with Crippen molar-refractivity contribution in [1.82, 2.24) is 15.6 Å². The number of aromatic nitrogens is 1. The van der Waals surface area contributed by atoms with E-state index in [0.29, 0.717) is 24.4 Å². The molecule has 6 nitrogen and oxygen atoms in total. The summed E-state index contributed by atoms with van der Waals surface area (Å²) in [6, 6.07) is 14.1. The number of nitrogens with zero attached hydrogens (tertiary/aromatic N) is 2. The Hall–Kier alpha value is -1.87. The Balaban J connectivity index is 0.00000341. The van der Waals surface area contributed by atoms with Gasteiger partial charge in [0, 0.05) is 39.1 Å². The summed E-state index contributed by atoms with van der Waals surface area (Å²) in [5, 5.41) is 6.89. The summed E-state index contributed by atoms with van der Waals surface area (Å²) in [5.41, 5.74) is 2.55. The van der Waals surface area contributed by atoms with E-state index < -0.39 is 0 Å². The largest absolute Gasteiger partial charge is 0.473 e. The highest BCUT2D eigenvalue weighted by Gasteiger charge is 2.36. The second-order valence-corrected chi connectivity index (χ2v) is 7.92. The van der Waals surface area contributed by atoms with E-state index in [4.69, 9.17) is 14.5 Å². The van der Waals surface area contributed by atoms with Crippen LogP contribution in [0.2, 0.25) is 0 Å². The number of hydrogen-bond donors (Lipinski definition) is 2. The van der Waals surface area contributed by atoms with E-state index >= 15 is 0 Å². The number of aliphatic imine (C=N–C) groups is 1. The van der Waals surface area contributed by atoms with Crippen molar-refractivity contribution in [2.45, 2.75) is 45.8 Å². The minimum absolute atomic E-state index is 0. The fourth-order valence-corrected chi connectivity index (χ4v) is 3.65. The Bertz CT molecular complexity index is 797. The Kier molecular flexibility index (Phi) is 11.1. The van der Waals surface area contributed by atoms with Crippen LogP contribution in [0.5, 0.6) is 5.88 Å². The highest BCUT2D eigenvalue weighted by molar-refractivity contribution is 14.0. The van der Waals surface area contributed by atoms with Crippen LogP contribution < -0.4 is 15.4 Å². The van der Waals surface area contributed by atoms with Crippen LogP contribution >= 0.6 is 24.0 Å². The highest BCUT2D eigenvalue weighted by atomic mass is 127. The van der Waals surface area contributed by atoms with E-state index in [9.17, 15) is 0 Å². The number of benzene rings is 1. The lowest BCUT2D eigenvalue weighted by atomic mass is 9.67. The molecule has 0 unspecified atom stereocenters. The van der Waals surface area contributed by atoms with Gasteiger partial charge in [-0.2, -0.15) is 0 Å². The van der Waals surface area contributed by atoms with Gasteiger partial charge >= 0.3 is 0 Å². The smallest absolute Gasteiger partial charge is 0.213 e. The molecule has 1 aliphatic rings. The first kappa shape index (κ1) is 25.4. The number of hydrogen-bond acceptors (Lipinski definition) is 4. The number of ether oxygens (including phenoxy) is 2. The Morgan fingerprint density at radius 2 is 1.94 bits per heavy atom. The molecule has 1 fully saturated rings. The molecule has 0 bridgehead atoms. The van der Waals surface area contributed by atoms with Crippen LogP contribution in [0, 0.1) is 5.41 Å². The summed E-state index contributed by atoms with van der Waals surface area (Å²) in [4.78, 5) is 9.08. The predicted octanol–water partition coefficient (Wildman–Crippen LogP) is 4.54. The number of nitrogens with one attached hydrogen (secondary N) is 2. The van der Waals surface area contributed by atoms with Crippen LogP contribution in [-0.4, -0.2) is 37.7 Å². The quantitative estimate of drug-likeness (QED) is 0.250. The molecule has 0 saturated heterocycles. The van der Waals surface area contributed by atoms with Crippen molar-refractivity contribution < 1.29 is 9.47 Å². The highest BCUT2D eigenvalue weighted by Crippen LogP contribution is 2.43. The maximum Gasteiger partial charge on any atom is 0.213 e. The summed E-state index contributed by atoms with van der Waals surface area (Å²) in [6.45, 7) is 5.75. The lowest BCUT2D eigenvalue weighted by Gasteiger charge is -2.42. The van der Waals surface area contributed by atoms with Gasteiger partial charge in [0.15, 0.2) is 5.96 Å². The monoisotopic (exact) mass is 538 g/mol. The topological polar surface area (TPSA) is 67.8 Å². The molecule has 1 saturated carbocycles. The van der Waals surface area contributed by atoms with Gasteiger partial charge < -0.3 is 20.1 Å². The minimum Gasteiger partial charge on any atom is -0.473 e. The zero-order valence-electron chi connectivity index (χ0n) is 18.6. The lowest BCUT2D eigenvalue weighted by Crippen LogP contribution is -2.46. The fraction of sp³-hybridized carbons (Fsp3) is 0.500. The maximum atomic E-state index is 5.84. The maximum absolute atomic E-state index is 5.84. The van der Waals surface area contributed by atoms with Crippen molar-refractivity contribution in [3.05, 3.63) is 59.8 Å². The molecule has 7 heteroatoms. The van der Waals surface area contributed by atoms with Crippen molar-refractivity contribution in [2.75, 3.05) is 26.8 Å². The van der Waals surface area contributed by atoms with Gasteiger partial charge in [0.25, 0.3) is 0 Å². The summed E-state index contributed by atoms with van der Waals surface area (Å²) in [5.74, 6) is 1.47. The summed E-state index contributed by atoms with van der Waals surface area (Å²) < 4.78 is 11.1. The van der Waals surface area contributed by atoms with Crippen molar-refractivity contribution in [3.8, 4) is 5.88 Å². The average Bonchev–Trinajstić information content (AvgIpc) is 2.76. The fourth-order valence-electron chi connectivity index (χ4n) is 3.65. The summed E-state index contributed by atoms with van der Waals surface area (Å²) in [7, 11) is 1.78. The molecule has 1 heterocycles. The molecule has 2 N–H and O–H groups in total. The van der Waals surface area contributed by atoms with Gasteiger partial charge in [0.05, 0.1) is 6.54 Å². The molecule has 0 spiro atoms. The minimum atomic E-state index is 0. The van der Waals surface area contributed by atoms with Crippen molar-refractivity contribution >= 4 is 29.9 Å². The van der Waals surface area contributed by atoms with Gasteiger partial charge in [0.1, 0.15) is 6.61 Å². The molecule has 1 aromatic heterocycles. The molecule has 3 rings (SSSR count). The zero-order valence-corrected chi connectivity index (χ0v) is 20.9. The molecule has 170 valence electrons.